The molecule has 0 saturated heterocycles. The molecule has 0 aliphatic carbocycles. The topological polar surface area (TPSA) is 101 Å². The Labute approximate surface area is 166 Å². The van der Waals surface area contributed by atoms with Crippen molar-refractivity contribution in [1.29, 1.82) is 0 Å². The lowest BCUT2D eigenvalue weighted by molar-refractivity contribution is -0.117. The lowest BCUT2D eigenvalue weighted by Gasteiger charge is -2.07. The number of carbonyl (C=O) groups excluding carboxylic acids is 1. The molecular formula is C19H16N4O3S2. The molecule has 4 rings (SSSR count). The molecule has 28 heavy (non-hydrogen) atoms. The second kappa shape index (κ2) is 7.17. The van der Waals surface area contributed by atoms with Gasteiger partial charge in [0.05, 0.1) is 10.6 Å². The van der Waals surface area contributed by atoms with Crippen molar-refractivity contribution in [3.8, 4) is 11.3 Å². The number of hydrogen-bond donors (Lipinski definition) is 2. The van der Waals surface area contributed by atoms with Crippen LogP contribution >= 0.6 is 11.3 Å². The monoisotopic (exact) mass is 412 g/mol. The van der Waals surface area contributed by atoms with Gasteiger partial charge in [0.25, 0.3) is 15.9 Å². The molecule has 9 heteroatoms. The van der Waals surface area contributed by atoms with Crippen LogP contribution in [0.5, 0.6) is 0 Å². The van der Waals surface area contributed by atoms with E-state index in [4.69, 9.17) is 0 Å². The van der Waals surface area contributed by atoms with Gasteiger partial charge in [-0.25, -0.2) is 13.4 Å². The smallest absolute Gasteiger partial charge is 0.263 e. The van der Waals surface area contributed by atoms with Crippen molar-refractivity contribution in [3.63, 3.8) is 0 Å². The number of sulfonamides is 1. The van der Waals surface area contributed by atoms with Crippen LogP contribution in [0.15, 0.2) is 69.9 Å². The van der Waals surface area contributed by atoms with Crippen LogP contribution in [0.3, 0.4) is 0 Å². The first-order chi connectivity index (χ1) is 13.4. The summed E-state index contributed by atoms with van der Waals surface area (Å²) in [7, 11) is -3.64. The van der Waals surface area contributed by atoms with Gasteiger partial charge in [0.1, 0.15) is 11.9 Å². The lowest BCUT2D eigenvalue weighted by atomic mass is 10.2. The van der Waals surface area contributed by atoms with Crippen molar-refractivity contribution in [2.45, 2.75) is 17.9 Å². The summed E-state index contributed by atoms with van der Waals surface area (Å²) < 4.78 is 26.7. The van der Waals surface area contributed by atoms with Gasteiger partial charge in [-0.2, -0.15) is 0 Å². The minimum atomic E-state index is -3.64. The standard InChI is InChI=1S/C19H16N4O3S2/c1-12(20-17-14-9-5-6-10-16(14)28(25,26)23-17)18(24)22-19-21-15(11-27-19)13-7-3-2-4-8-13/h2-12H,1H3,(H,20,23)(H,21,22,24)/t12-/m1/s1. The zero-order valence-corrected chi connectivity index (χ0v) is 16.4. The minimum absolute atomic E-state index is 0.161. The van der Waals surface area contributed by atoms with E-state index in [1.807, 2.05) is 35.7 Å². The highest BCUT2D eigenvalue weighted by Gasteiger charge is 2.31. The van der Waals surface area contributed by atoms with Crippen LogP contribution in [-0.4, -0.2) is 31.2 Å². The molecule has 2 N–H and O–H groups in total. The maximum atomic E-state index is 12.5. The Morgan fingerprint density at radius 2 is 1.86 bits per heavy atom. The predicted octanol–water partition coefficient (Wildman–Crippen LogP) is 2.88. The molecule has 0 spiro atoms. The lowest BCUT2D eigenvalue weighted by Crippen LogP contribution is -2.28. The number of amides is 1. The fourth-order valence-corrected chi connectivity index (χ4v) is 4.73. The van der Waals surface area contributed by atoms with E-state index in [0.29, 0.717) is 10.7 Å². The summed E-state index contributed by atoms with van der Waals surface area (Å²) in [5.74, 6) is -0.201. The van der Waals surface area contributed by atoms with Crippen molar-refractivity contribution in [2.24, 2.45) is 4.99 Å². The van der Waals surface area contributed by atoms with E-state index in [0.717, 1.165) is 11.3 Å². The molecule has 0 bridgehead atoms. The number of amidine groups is 1. The highest BCUT2D eigenvalue weighted by Crippen LogP contribution is 2.25. The molecule has 1 aliphatic rings. The van der Waals surface area contributed by atoms with E-state index in [2.05, 4.69) is 20.0 Å². The molecule has 1 amide bonds. The number of benzene rings is 2. The third-order valence-corrected chi connectivity index (χ3v) is 6.32. The Morgan fingerprint density at radius 3 is 2.64 bits per heavy atom. The second-order valence-corrected chi connectivity index (χ2v) is 8.66. The molecular weight excluding hydrogens is 396 g/mol. The molecule has 0 unspecified atom stereocenters. The van der Waals surface area contributed by atoms with Crippen molar-refractivity contribution in [3.05, 3.63) is 65.5 Å². The average molecular weight is 412 g/mol. The molecule has 2 heterocycles. The molecule has 0 saturated carbocycles. The minimum Gasteiger partial charge on any atom is -0.300 e. The molecule has 1 aliphatic heterocycles. The van der Waals surface area contributed by atoms with E-state index >= 15 is 0 Å². The Bertz CT molecular complexity index is 1170. The fourth-order valence-electron chi connectivity index (χ4n) is 2.76. The van der Waals surface area contributed by atoms with Crippen LogP contribution in [-0.2, 0) is 14.8 Å². The van der Waals surface area contributed by atoms with Gasteiger partial charge in [0.2, 0.25) is 0 Å². The number of aliphatic imine (C=N–C) groups is 1. The number of fused-ring (bicyclic) bond motifs is 1. The summed E-state index contributed by atoms with van der Waals surface area (Å²) in [5, 5.41) is 5.06. The summed E-state index contributed by atoms with van der Waals surface area (Å²) in [5.41, 5.74) is 2.20. The van der Waals surface area contributed by atoms with Crippen molar-refractivity contribution in [1.82, 2.24) is 9.71 Å². The largest absolute Gasteiger partial charge is 0.300 e. The molecule has 1 aromatic heterocycles. The highest BCUT2D eigenvalue weighted by molar-refractivity contribution is 7.90. The van der Waals surface area contributed by atoms with Crippen LogP contribution < -0.4 is 10.0 Å². The molecule has 2 aromatic carbocycles. The summed E-state index contributed by atoms with van der Waals surface area (Å²) >= 11 is 1.32. The second-order valence-electron chi connectivity index (χ2n) is 6.15. The predicted molar refractivity (Wildman–Crippen MR) is 109 cm³/mol. The third kappa shape index (κ3) is 3.54. The molecule has 0 radical (unpaired) electrons. The first-order valence-corrected chi connectivity index (χ1v) is 10.8. The Hall–Kier alpha value is -3.04. The van der Waals surface area contributed by atoms with Crippen LogP contribution in [0.2, 0.25) is 0 Å². The quantitative estimate of drug-likeness (QED) is 0.688. The Kier molecular flexibility index (Phi) is 4.70. The normalized spacial score (nSPS) is 17.0. The van der Waals surface area contributed by atoms with Gasteiger partial charge in [-0.15, -0.1) is 11.3 Å². The van der Waals surface area contributed by atoms with Crippen molar-refractivity contribution >= 4 is 38.2 Å². The number of nitrogens with zero attached hydrogens (tertiary/aromatic N) is 2. The van der Waals surface area contributed by atoms with Crippen LogP contribution in [0.1, 0.15) is 12.5 Å². The molecule has 0 fully saturated rings. The summed E-state index contributed by atoms with van der Waals surface area (Å²) in [6, 6.07) is 15.4. The van der Waals surface area contributed by atoms with Gasteiger partial charge in [-0.3, -0.25) is 14.5 Å². The van der Waals surface area contributed by atoms with Gasteiger partial charge < -0.3 is 5.32 Å². The number of rotatable bonds is 4. The van der Waals surface area contributed by atoms with Crippen LogP contribution in [0.25, 0.3) is 11.3 Å². The fraction of sp³-hybridized carbons (Fsp3) is 0.105. The van der Waals surface area contributed by atoms with Crippen molar-refractivity contribution in [2.75, 3.05) is 5.32 Å². The van der Waals surface area contributed by atoms with Crippen LogP contribution in [0, 0.1) is 0 Å². The van der Waals surface area contributed by atoms with Crippen LogP contribution in [0.4, 0.5) is 5.13 Å². The van der Waals surface area contributed by atoms with Gasteiger partial charge in [0.15, 0.2) is 5.13 Å². The number of hydrogen-bond acceptors (Lipinski definition) is 6. The van der Waals surface area contributed by atoms with Gasteiger partial charge >= 0.3 is 0 Å². The maximum absolute atomic E-state index is 12.5. The van der Waals surface area contributed by atoms with E-state index in [1.54, 1.807) is 25.1 Å². The van der Waals surface area contributed by atoms with E-state index < -0.39 is 16.1 Å². The van der Waals surface area contributed by atoms with Gasteiger partial charge in [0, 0.05) is 16.5 Å². The summed E-state index contributed by atoms with van der Waals surface area (Å²) in [6.07, 6.45) is 0. The first-order valence-electron chi connectivity index (χ1n) is 8.46. The molecule has 142 valence electrons. The number of nitrogens with one attached hydrogen (secondary N) is 2. The van der Waals surface area contributed by atoms with E-state index in [1.165, 1.54) is 17.4 Å². The zero-order valence-electron chi connectivity index (χ0n) is 14.8. The molecule has 3 aromatic rings. The number of thiazole rings is 1. The maximum Gasteiger partial charge on any atom is 0.263 e. The third-order valence-electron chi connectivity index (χ3n) is 4.17. The molecule has 7 nitrogen and oxygen atoms in total. The average Bonchev–Trinajstić information content (AvgIpc) is 3.25. The summed E-state index contributed by atoms with van der Waals surface area (Å²) in [6.45, 7) is 1.60. The Balaban J connectivity index is 1.51. The van der Waals surface area contributed by atoms with Crippen molar-refractivity contribution < 1.29 is 13.2 Å². The van der Waals surface area contributed by atoms with E-state index in [9.17, 15) is 13.2 Å². The highest BCUT2D eigenvalue weighted by atomic mass is 32.2. The molecule has 1 atom stereocenters. The SMILES string of the molecule is C[C@@H](N=C1NS(=O)(=O)c2ccccc21)C(=O)Nc1nc(-c2ccccc2)cs1. The van der Waals surface area contributed by atoms with Gasteiger partial charge in [-0.05, 0) is 19.1 Å². The zero-order chi connectivity index (χ0) is 19.7. The Morgan fingerprint density at radius 1 is 1.14 bits per heavy atom. The summed E-state index contributed by atoms with van der Waals surface area (Å²) in [4.78, 5) is 21.3. The first kappa shape index (κ1) is 18.3. The number of carbonyl (C=O) groups is 1. The van der Waals surface area contributed by atoms with Gasteiger partial charge in [-0.1, -0.05) is 42.5 Å². The van der Waals surface area contributed by atoms with E-state index in [-0.39, 0.29) is 16.6 Å². The number of aromatic nitrogens is 1. The number of anilines is 1.